The molecule has 5 heteroatoms. The van der Waals surface area contributed by atoms with Crippen molar-refractivity contribution in [1.82, 2.24) is 20.1 Å². The first-order valence-electron chi connectivity index (χ1n) is 6.47. The van der Waals surface area contributed by atoms with E-state index in [4.69, 9.17) is 11.6 Å². The number of aromatic nitrogens is 3. The fourth-order valence-corrected chi connectivity index (χ4v) is 2.90. The second-order valence-corrected chi connectivity index (χ2v) is 5.09. The van der Waals surface area contributed by atoms with Gasteiger partial charge in [0.25, 0.3) is 0 Å². The molecule has 1 aliphatic rings. The van der Waals surface area contributed by atoms with E-state index >= 15 is 0 Å². The van der Waals surface area contributed by atoms with Crippen molar-refractivity contribution in [3.8, 4) is 0 Å². The Kier molecular flexibility index (Phi) is 4.40. The maximum absolute atomic E-state index is 6.15. The molecule has 0 spiro atoms. The van der Waals surface area contributed by atoms with Crippen LogP contribution in [0.2, 0.25) is 0 Å². The van der Waals surface area contributed by atoms with E-state index in [0.29, 0.717) is 5.88 Å². The SMILES string of the molecule is CCn1ncnc1CNC1(CCl)CCCCC1. The number of hydrogen-bond donors (Lipinski definition) is 1. The third kappa shape index (κ3) is 2.99. The molecule has 1 aromatic heterocycles. The zero-order valence-corrected chi connectivity index (χ0v) is 11.2. The van der Waals surface area contributed by atoms with E-state index in [9.17, 15) is 0 Å². The Morgan fingerprint density at radius 3 is 2.82 bits per heavy atom. The maximum atomic E-state index is 6.15. The van der Waals surface area contributed by atoms with Crippen molar-refractivity contribution in [2.45, 2.75) is 57.7 Å². The van der Waals surface area contributed by atoms with Gasteiger partial charge in [-0.3, -0.25) is 0 Å². The first kappa shape index (κ1) is 12.8. The van der Waals surface area contributed by atoms with Gasteiger partial charge < -0.3 is 5.32 Å². The molecular weight excluding hydrogens is 236 g/mol. The average molecular weight is 257 g/mol. The van der Waals surface area contributed by atoms with Crippen LogP contribution in [0.25, 0.3) is 0 Å². The molecule has 0 amide bonds. The van der Waals surface area contributed by atoms with Gasteiger partial charge >= 0.3 is 0 Å². The van der Waals surface area contributed by atoms with Crippen LogP contribution in [0, 0.1) is 0 Å². The van der Waals surface area contributed by atoms with Crippen molar-refractivity contribution < 1.29 is 0 Å². The van der Waals surface area contributed by atoms with Gasteiger partial charge in [0.15, 0.2) is 0 Å². The van der Waals surface area contributed by atoms with Crippen LogP contribution in [0.4, 0.5) is 0 Å². The molecule has 1 heterocycles. The summed E-state index contributed by atoms with van der Waals surface area (Å²) in [7, 11) is 0. The third-order valence-corrected chi connectivity index (χ3v) is 4.19. The van der Waals surface area contributed by atoms with Crippen LogP contribution in [-0.2, 0) is 13.1 Å². The highest BCUT2D eigenvalue weighted by atomic mass is 35.5. The lowest BCUT2D eigenvalue weighted by Gasteiger charge is -2.36. The van der Waals surface area contributed by atoms with Crippen LogP contribution in [0.1, 0.15) is 44.9 Å². The number of aryl methyl sites for hydroxylation is 1. The molecule has 0 atom stereocenters. The van der Waals surface area contributed by atoms with Crippen molar-refractivity contribution in [1.29, 1.82) is 0 Å². The lowest BCUT2D eigenvalue weighted by molar-refractivity contribution is 0.253. The number of nitrogens with zero attached hydrogens (tertiary/aromatic N) is 3. The largest absolute Gasteiger partial charge is 0.303 e. The molecule has 2 rings (SSSR count). The third-order valence-electron chi connectivity index (χ3n) is 3.68. The molecule has 0 aliphatic heterocycles. The van der Waals surface area contributed by atoms with Crippen molar-refractivity contribution >= 4 is 11.6 Å². The number of rotatable bonds is 5. The predicted octanol–water partition coefficient (Wildman–Crippen LogP) is 2.33. The Morgan fingerprint density at radius 2 is 2.18 bits per heavy atom. The minimum atomic E-state index is 0.115. The molecule has 0 unspecified atom stereocenters. The van der Waals surface area contributed by atoms with Gasteiger partial charge in [0.1, 0.15) is 12.2 Å². The van der Waals surface area contributed by atoms with Crippen molar-refractivity contribution in [3.63, 3.8) is 0 Å². The van der Waals surface area contributed by atoms with Gasteiger partial charge in [-0.2, -0.15) is 5.10 Å². The molecule has 96 valence electrons. The van der Waals surface area contributed by atoms with E-state index in [0.717, 1.165) is 18.9 Å². The number of nitrogens with one attached hydrogen (secondary N) is 1. The van der Waals surface area contributed by atoms with E-state index in [1.54, 1.807) is 6.33 Å². The van der Waals surface area contributed by atoms with Crippen molar-refractivity contribution in [2.24, 2.45) is 0 Å². The van der Waals surface area contributed by atoms with Crippen LogP contribution >= 0.6 is 11.6 Å². The van der Waals surface area contributed by atoms with E-state index in [2.05, 4.69) is 22.3 Å². The summed E-state index contributed by atoms with van der Waals surface area (Å²) < 4.78 is 1.93. The Morgan fingerprint density at radius 1 is 1.41 bits per heavy atom. The summed E-state index contributed by atoms with van der Waals surface area (Å²) in [5.74, 6) is 1.69. The van der Waals surface area contributed by atoms with Gasteiger partial charge in [0.2, 0.25) is 0 Å². The average Bonchev–Trinajstić information content (AvgIpc) is 2.85. The highest BCUT2D eigenvalue weighted by molar-refractivity contribution is 6.18. The summed E-state index contributed by atoms with van der Waals surface area (Å²) >= 11 is 6.15. The number of halogens is 1. The van der Waals surface area contributed by atoms with E-state index in [-0.39, 0.29) is 5.54 Å². The Labute approximate surface area is 108 Å². The van der Waals surface area contributed by atoms with Crippen LogP contribution < -0.4 is 5.32 Å². The smallest absolute Gasteiger partial charge is 0.140 e. The molecule has 0 bridgehead atoms. The van der Waals surface area contributed by atoms with E-state index in [1.165, 1.54) is 32.1 Å². The first-order valence-corrected chi connectivity index (χ1v) is 7.01. The first-order chi connectivity index (χ1) is 8.29. The summed E-state index contributed by atoms with van der Waals surface area (Å²) in [6.45, 7) is 3.71. The Bertz CT molecular complexity index is 344. The molecule has 1 fully saturated rings. The second-order valence-electron chi connectivity index (χ2n) is 4.82. The minimum Gasteiger partial charge on any atom is -0.303 e. The van der Waals surface area contributed by atoms with Gasteiger partial charge in [-0.25, -0.2) is 9.67 Å². The molecule has 17 heavy (non-hydrogen) atoms. The zero-order valence-electron chi connectivity index (χ0n) is 10.5. The zero-order chi connectivity index (χ0) is 12.1. The summed E-state index contributed by atoms with van der Waals surface area (Å²) in [5, 5.41) is 7.79. The highest BCUT2D eigenvalue weighted by Crippen LogP contribution is 2.29. The molecule has 4 nitrogen and oxygen atoms in total. The quantitative estimate of drug-likeness (QED) is 0.823. The lowest BCUT2D eigenvalue weighted by atomic mass is 9.83. The normalized spacial score (nSPS) is 19.4. The van der Waals surface area contributed by atoms with Crippen LogP contribution in [0.15, 0.2) is 6.33 Å². The highest BCUT2D eigenvalue weighted by Gasteiger charge is 2.30. The van der Waals surface area contributed by atoms with Gasteiger partial charge in [-0.05, 0) is 19.8 Å². The summed E-state index contributed by atoms with van der Waals surface area (Å²) in [6.07, 6.45) is 7.87. The number of alkyl halides is 1. The minimum absolute atomic E-state index is 0.115. The molecular formula is C12H21ClN4. The standard InChI is InChI=1S/C12H21ClN4/c1-2-17-11(14-10-16-17)8-15-12(9-13)6-4-3-5-7-12/h10,15H,2-9H2,1H3. The molecule has 1 N–H and O–H groups in total. The van der Waals surface area contributed by atoms with E-state index in [1.807, 2.05) is 4.68 Å². The van der Waals surface area contributed by atoms with Gasteiger partial charge in [-0.1, -0.05) is 19.3 Å². The monoisotopic (exact) mass is 256 g/mol. The Balaban J connectivity index is 1.95. The molecule has 1 aliphatic carbocycles. The lowest BCUT2D eigenvalue weighted by Crippen LogP contribution is -2.48. The molecule has 0 radical (unpaired) electrons. The molecule has 0 aromatic carbocycles. The van der Waals surface area contributed by atoms with Gasteiger partial charge in [-0.15, -0.1) is 11.6 Å². The fourth-order valence-electron chi connectivity index (χ4n) is 2.54. The van der Waals surface area contributed by atoms with Gasteiger partial charge in [0.05, 0.1) is 6.54 Å². The molecule has 1 aromatic rings. The van der Waals surface area contributed by atoms with Crippen LogP contribution in [0.5, 0.6) is 0 Å². The Hall–Kier alpha value is -0.610. The van der Waals surface area contributed by atoms with Crippen molar-refractivity contribution in [2.75, 3.05) is 5.88 Å². The number of hydrogen-bond acceptors (Lipinski definition) is 3. The second kappa shape index (κ2) is 5.83. The predicted molar refractivity (Wildman–Crippen MR) is 69.1 cm³/mol. The maximum Gasteiger partial charge on any atom is 0.140 e. The summed E-state index contributed by atoms with van der Waals surface area (Å²) in [6, 6.07) is 0. The van der Waals surface area contributed by atoms with Gasteiger partial charge in [0, 0.05) is 18.0 Å². The van der Waals surface area contributed by atoms with E-state index < -0.39 is 0 Å². The van der Waals surface area contributed by atoms with Crippen molar-refractivity contribution in [3.05, 3.63) is 12.2 Å². The topological polar surface area (TPSA) is 42.7 Å². The van der Waals surface area contributed by atoms with Crippen LogP contribution in [-0.4, -0.2) is 26.2 Å². The molecule has 1 saturated carbocycles. The molecule has 0 saturated heterocycles. The fraction of sp³-hybridized carbons (Fsp3) is 0.833. The summed E-state index contributed by atoms with van der Waals surface area (Å²) in [5.41, 5.74) is 0.115. The summed E-state index contributed by atoms with van der Waals surface area (Å²) in [4.78, 5) is 4.28. The van der Waals surface area contributed by atoms with Crippen LogP contribution in [0.3, 0.4) is 0 Å².